The van der Waals surface area contributed by atoms with Crippen molar-refractivity contribution in [3.8, 4) is 5.75 Å². The normalized spacial score (nSPS) is 33.2. The molecule has 1 aromatic carbocycles. The summed E-state index contributed by atoms with van der Waals surface area (Å²) in [7, 11) is 0. The lowest BCUT2D eigenvalue weighted by Gasteiger charge is -2.41. The summed E-state index contributed by atoms with van der Waals surface area (Å²) in [6, 6.07) is 5.60. The summed E-state index contributed by atoms with van der Waals surface area (Å²) in [4.78, 5) is 0. The van der Waals surface area contributed by atoms with Crippen molar-refractivity contribution in [2.45, 2.75) is 42.9 Å². The molecule has 0 spiro atoms. The molecule has 9 nitrogen and oxygen atoms in total. The molecule has 7 atom stereocenters. The molecule has 0 radical (unpaired) electrons. The first-order chi connectivity index (χ1) is 11.4. The minimum atomic E-state index is -1.63. The van der Waals surface area contributed by atoms with Crippen molar-refractivity contribution in [2.24, 2.45) is 0 Å². The van der Waals surface area contributed by atoms with Crippen LogP contribution in [0.15, 0.2) is 24.3 Å². The van der Waals surface area contributed by atoms with Crippen LogP contribution in [0.4, 0.5) is 0 Å². The zero-order chi connectivity index (χ0) is 17.9. The van der Waals surface area contributed by atoms with E-state index in [1.54, 1.807) is 0 Å². The number of benzene rings is 1. The molecule has 0 aliphatic carbocycles. The zero-order valence-corrected chi connectivity index (χ0v) is 12.7. The summed E-state index contributed by atoms with van der Waals surface area (Å²) in [6.45, 7) is -1.26. The second-order valence-electron chi connectivity index (χ2n) is 5.60. The van der Waals surface area contributed by atoms with E-state index in [9.17, 15) is 30.6 Å². The molecule has 0 unspecified atom stereocenters. The Labute approximate surface area is 137 Å². The van der Waals surface area contributed by atoms with Gasteiger partial charge in [-0.3, -0.25) is 0 Å². The monoisotopic (exact) mass is 346 g/mol. The van der Waals surface area contributed by atoms with E-state index in [2.05, 4.69) is 0 Å². The molecule has 1 fully saturated rings. The number of aromatic hydroxyl groups is 1. The molecular formula is C15H22O9. The molecule has 0 saturated carbocycles. The maximum absolute atomic E-state index is 9.99. The SMILES string of the molecule is OC[C@@H](O)[C@H](O[C@@H]1O[C@H](CO)[C@@H](O)[C@H](O)[C@H]1O)c1ccc(O)cc1. The van der Waals surface area contributed by atoms with Crippen LogP contribution >= 0.6 is 0 Å². The lowest BCUT2D eigenvalue weighted by Crippen LogP contribution is -2.59. The van der Waals surface area contributed by atoms with Gasteiger partial charge < -0.3 is 45.2 Å². The summed E-state index contributed by atoms with van der Waals surface area (Å²) in [5.41, 5.74) is 0.381. The van der Waals surface area contributed by atoms with Crippen LogP contribution in [0, 0.1) is 0 Å². The van der Waals surface area contributed by atoms with Crippen LogP contribution in [0.3, 0.4) is 0 Å². The van der Waals surface area contributed by atoms with Crippen molar-refractivity contribution in [3.05, 3.63) is 29.8 Å². The topological polar surface area (TPSA) is 160 Å². The van der Waals surface area contributed by atoms with Gasteiger partial charge in [0.05, 0.1) is 13.2 Å². The molecule has 136 valence electrons. The molecule has 24 heavy (non-hydrogen) atoms. The maximum atomic E-state index is 9.99. The minimum absolute atomic E-state index is 0.0103. The van der Waals surface area contributed by atoms with E-state index in [0.29, 0.717) is 5.56 Å². The van der Waals surface area contributed by atoms with Crippen LogP contribution in [-0.2, 0) is 9.47 Å². The lowest BCUT2D eigenvalue weighted by atomic mass is 9.98. The molecule has 1 saturated heterocycles. The third-order valence-corrected chi connectivity index (χ3v) is 3.89. The summed E-state index contributed by atoms with van der Waals surface area (Å²) in [6.07, 6.45) is -9.90. The van der Waals surface area contributed by atoms with Gasteiger partial charge in [0.2, 0.25) is 0 Å². The molecule has 9 heteroatoms. The van der Waals surface area contributed by atoms with E-state index in [0.717, 1.165) is 0 Å². The predicted molar refractivity (Wildman–Crippen MR) is 78.8 cm³/mol. The highest BCUT2D eigenvalue weighted by atomic mass is 16.7. The minimum Gasteiger partial charge on any atom is -0.508 e. The van der Waals surface area contributed by atoms with E-state index in [1.165, 1.54) is 24.3 Å². The van der Waals surface area contributed by atoms with Crippen LogP contribution in [0.2, 0.25) is 0 Å². The van der Waals surface area contributed by atoms with Gasteiger partial charge in [-0.2, -0.15) is 0 Å². The first kappa shape index (κ1) is 19.0. The molecule has 1 aliphatic heterocycles. The first-order valence-electron chi connectivity index (χ1n) is 7.42. The molecule has 1 aromatic rings. The molecule has 2 rings (SSSR count). The molecule has 7 N–H and O–H groups in total. The smallest absolute Gasteiger partial charge is 0.187 e. The van der Waals surface area contributed by atoms with Gasteiger partial charge in [0.25, 0.3) is 0 Å². The average molecular weight is 346 g/mol. The molecule has 0 bridgehead atoms. The zero-order valence-electron chi connectivity index (χ0n) is 12.7. The van der Waals surface area contributed by atoms with Gasteiger partial charge in [-0.1, -0.05) is 12.1 Å². The molecule has 0 aromatic heterocycles. The van der Waals surface area contributed by atoms with Crippen LogP contribution < -0.4 is 0 Å². The molecule has 1 aliphatic rings. The predicted octanol–water partition coefficient (Wildman–Crippen LogP) is -2.40. The average Bonchev–Trinajstić information content (AvgIpc) is 2.59. The Morgan fingerprint density at radius 1 is 1.00 bits per heavy atom. The van der Waals surface area contributed by atoms with Crippen molar-refractivity contribution in [1.82, 2.24) is 0 Å². The molecule has 0 amide bonds. The third kappa shape index (κ3) is 4.02. The van der Waals surface area contributed by atoms with Gasteiger partial charge in [0, 0.05) is 0 Å². The largest absolute Gasteiger partial charge is 0.508 e. The highest BCUT2D eigenvalue weighted by molar-refractivity contribution is 5.28. The Morgan fingerprint density at radius 3 is 2.17 bits per heavy atom. The number of ether oxygens (including phenoxy) is 2. The van der Waals surface area contributed by atoms with E-state index < -0.39 is 56.1 Å². The van der Waals surface area contributed by atoms with Gasteiger partial charge in [-0.05, 0) is 17.7 Å². The second kappa shape index (κ2) is 8.19. The van der Waals surface area contributed by atoms with Crippen molar-refractivity contribution < 1.29 is 45.2 Å². The number of phenolic OH excluding ortho intramolecular Hbond substituents is 1. The van der Waals surface area contributed by atoms with Gasteiger partial charge in [-0.15, -0.1) is 0 Å². The lowest BCUT2D eigenvalue weighted by molar-refractivity contribution is -0.319. The van der Waals surface area contributed by atoms with Crippen LogP contribution in [-0.4, -0.2) is 85.8 Å². The number of aliphatic hydroxyl groups is 6. The number of rotatable bonds is 6. The van der Waals surface area contributed by atoms with Crippen LogP contribution in [0.1, 0.15) is 11.7 Å². The quantitative estimate of drug-likeness (QED) is 0.298. The third-order valence-electron chi connectivity index (χ3n) is 3.89. The Bertz CT molecular complexity index is 506. The van der Waals surface area contributed by atoms with E-state index in [-0.39, 0.29) is 5.75 Å². The maximum Gasteiger partial charge on any atom is 0.187 e. The molecular weight excluding hydrogens is 324 g/mol. The van der Waals surface area contributed by atoms with E-state index in [1.807, 2.05) is 0 Å². The van der Waals surface area contributed by atoms with Crippen molar-refractivity contribution in [3.63, 3.8) is 0 Å². The first-order valence-corrected chi connectivity index (χ1v) is 7.42. The summed E-state index contributed by atoms with van der Waals surface area (Å²) in [5.74, 6) is -0.0103. The Morgan fingerprint density at radius 2 is 1.62 bits per heavy atom. The number of hydrogen-bond donors (Lipinski definition) is 7. The number of aliphatic hydroxyl groups excluding tert-OH is 6. The highest BCUT2D eigenvalue weighted by Crippen LogP contribution is 2.30. The van der Waals surface area contributed by atoms with E-state index in [4.69, 9.17) is 14.6 Å². The van der Waals surface area contributed by atoms with E-state index >= 15 is 0 Å². The summed E-state index contributed by atoms with van der Waals surface area (Å²) in [5, 5.41) is 67.2. The van der Waals surface area contributed by atoms with Gasteiger partial charge in [0.15, 0.2) is 6.29 Å². The fourth-order valence-electron chi connectivity index (χ4n) is 2.48. The Hall–Kier alpha value is -1.30. The fraction of sp³-hybridized carbons (Fsp3) is 0.600. The van der Waals surface area contributed by atoms with Gasteiger partial charge in [0.1, 0.15) is 42.4 Å². The highest BCUT2D eigenvalue weighted by Gasteiger charge is 2.45. The number of hydrogen-bond acceptors (Lipinski definition) is 9. The summed E-state index contributed by atoms with van der Waals surface area (Å²) < 4.78 is 10.7. The van der Waals surface area contributed by atoms with Gasteiger partial charge >= 0.3 is 0 Å². The fourth-order valence-corrected chi connectivity index (χ4v) is 2.48. The van der Waals surface area contributed by atoms with Gasteiger partial charge in [-0.25, -0.2) is 0 Å². The Kier molecular flexibility index (Phi) is 6.49. The van der Waals surface area contributed by atoms with Crippen molar-refractivity contribution in [2.75, 3.05) is 13.2 Å². The van der Waals surface area contributed by atoms with Crippen LogP contribution in [0.25, 0.3) is 0 Å². The number of phenols is 1. The second-order valence-corrected chi connectivity index (χ2v) is 5.60. The Balaban J connectivity index is 2.20. The van der Waals surface area contributed by atoms with Crippen molar-refractivity contribution >= 4 is 0 Å². The summed E-state index contributed by atoms with van der Waals surface area (Å²) >= 11 is 0. The van der Waals surface area contributed by atoms with Crippen LogP contribution in [0.5, 0.6) is 5.75 Å². The standard InChI is InChI=1S/C15H22O9/c16-5-9(19)14(7-1-3-8(18)4-2-7)24-15-13(22)12(21)11(20)10(6-17)23-15/h1-4,9-22H,5-6H2/t9-,10-,11-,12+,13-,14-,15+/m1/s1. The molecule has 1 heterocycles. The van der Waals surface area contributed by atoms with Crippen molar-refractivity contribution in [1.29, 1.82) is 0 Å².